The third-order valence-electron chi connectivity index (χ3n) is 4.78. The zero-order valence-electron chi connectivity index (χ0n) is 11.5. The number of aliphatic hydroxyl groups is 1. The van der Waals surface area contributed by atoms with Gasteiger partial charge in [0.2, 0.25) is 5.91 Å². The van der Waals surface area contributed by atoms with E-state index in [4.69, 9.17) is 0 Å². The molecule has 4 heteroatoms. The lowest BCUT2D eigenvalue weighted by atomic mass is 9.77. The number of nitrogens with one attached hydrogen (secondary N) is 2. The van der Waals surface area contributed by atoms with Crippen molar-refractivity contribution in [1.29, 1.82) is 0 Å². The minimum Gasteiger partial charge on any atom is -0.394 e. The third kappa shape index (κ3) is 2.86. The molecule has 1 amide bonds. The Kier molecular flexibility index (Phi) is 4.28. The standard InChI is InChI=1S/C14H26N2O2/c1-10-3-6-14(9-17,7-4-10)16-13(18)12-5-8-15-11(12)2/h10-12,15,17H,3-9H2,1-2H3,(H,16,18). The minimum atomic E-state index is -0.355. The summed E-state index contributed by atoms with van der Waals surface area (Å²) in [5.74, 6) is 0.900. The van der Waals surface area contributed by atoms with E-state index in [1.165, 1.54) is 0 Å². The molecule has 0 aromatic rings. The van der Waals surface area contributed by atoms with Crippen molar-refractivity contribution in [2.45, 2.75) is 57.5 Å². The number of carbonyl (C=O) groups excluding carboxylic acids is 1. The average molecular weight is 254 g/mol. The summed E-state index contributed by atoms with van der Waals surface area (Å²) in [5, 5.41) is 16.1. The van der Waals surface area contributed by atoms with Crippen LogP contribution in [0.15, 0.2) is 0 Å². The predicted molar refractivity (Wildman–Crippen MR) is 71.2 cm³/mol. The van der Waals surface area contributed by atoms with E-state index in [-0.39, 0.29) is 30.0 Å². The van der Waals surface area contributed by atoms with Gasteiger partial charge in [0.15, 0.2) is 0 Å². The molecule has 1 aliphatic heterocycles. The van der Waals surface area contributed by atoms with Crippen LogP contribution in [0.3, 0.4) is 0 Å². The highest BCUT2D eigenvalue weighted by Gasteiger charge is 2.38. The Bertz CT molecular complexity index is 298. The van der Waals surface area contributed by atoms with Crippen molar-refractivity contribution in [3.05, 3.63) is 0 Å². The molecule has 1 heterocycles. The molecule has 0 radical (unpaired) electrons. The van der Waals surface area contributed by atoms with Crippen LogP contribution in [0, 0.1) is 11.8 Å². The van der Waals surface area contributed by atoms with Crippen molar-refractivity contribution in [3.63, 3.8) is 0 Å². The Morgan fingerprint density at radius 2 is 2.00 bits per heavy atom. The van der Waals surface area contributed by atoms with Crippen molar-refractivity contribution in [3.8, 4) is 0 Å². The van der Waals surface area contributed by atoms with Gasteiger partial charge in [0, 0.05) is 6.04 Å². The molecule has 2 unspecified atom stereocenters. The maximum Gasteiger partial charge on any atom is 0.225 e. The van der Waals surface area contributed by atoms with Crippen LogP contribution in [0.25, 0.3) is 0 Å². The second-order valence-corrected chi connectivity index (χ2v) is 6.25. The molecule has 104 valence electrons. The summed E-state index contributed by atoms with van der Waals surface area (Å²) < 4.78 is 0. The number of rotatable bonds is 3. The molecule has 0 aromatic carbocycles. The Morgan fingerprint density at radius 1 is 1.33 bits per heavy atom. The van der Waals surface area contributed by atoms with Gasteiger partial charge in [-0.25, -0.2) is 0 Å². The van der Waals surface area contributed by atoms with E-state index in [1.54, 1.807) is 0 Å². The molecule has 0 bridgehead atoms. The summed E-state index contributed by atoms with van der Waals surface area (Å²) in [5.41, 5.74) is -0.355. The second kappa shape index (κ2) is 5.57. The van der Waals surface area contributed by atoms with Crippen LogP contribution in [-0.4, -0.2) is 35.7 Å². The SMILES string of the molecule is CC1CCC(CO)(NC(=O)C2CCNC2C)CC1. The molecular weight excluding hydrogens is 228 g/mol. The largest absolute Gasteiger partial charge is 0.394 e. The minimum absolute atomic E-state index is 0.0628. The Morgan fingerprint density at radius 3 is 2.50 bits per heavy atom. The van der Waals surface area contributed by atoms with Gasteiger partial charge in [-0.15, -0.1) is 0 Å². The molecular formula is C14H26N2O2. The van der Waals surface area contributed by atoms with Gasteiger partial charge in [-0.1, -0.05) is 6.92 Å². The van der Waals surface area contributed by atoms with E-state index < -0.39 is 0 Å². The summed E-state index contributed by atoms with van der Waals surface area (Å²) >= 11 is 0. The van der Waals surface area contributed by atoms with Crippen LogP contribution in [0.1, 0.15) is 46.0 Å². The van der Waals surface area contributed by atoms with E-state index in [0.29, 0.717) is 5.92 Å². The van der Waals surface area contributed by atoms with Crippen LogP contribution in [0.4, 0.5) is 0 Å². The lowest BCUT2D eigenvalue weighted by Gasteiger charge is -2.39. The fraction of sp³-hybridized carbons (Fsp3) is 0.929. The van der Waals surface area contributed by atoms with Gasteiger partial charge in [0.1, 0.15) is 0 Å². The van der Waals surface area contributed by atoms with Crippen LogP contribution in [-0.2, 0) is 4.79 Å². The van der Waals surface area contributed by atoms with Crippen molar-refractivity contribution in [2.75, 3.05) is 13.2 Å². The summed E-state index contributed by atoms with van der Waals surface area (Å²) in [6.07, 6.45) is 4.92. The van der Waals surface area contributed by atoms with Crippen molar-refractivity contribution in [1.82, 2.24) is 10.6 Å². The Hall–Kier alpha value is -0.610. The van der Waals surface area contributed by atoms with E-state index >= 15 is 0 Å². The summed E-state index contributed by atoms with van der Waals surface area (Å²) in [6.45, 7) is 5.29. The molecule has 1 aliphatic carbocycles. The maximum absolute atomic E-state index is 12.3. The quantitative estimate of drug-likeness (QED) is 0.705. The molecule has 2 atom stereocenters. The van der Waals surface area contributed by atoms with Gasteiger partial charge in [0.25, 0.3) is 0 Å². The fourth-order valence-electron chi connectivity index (χ4n) is 3.21. The van der Waals surface area contributed by atoms with E-state index in [0.717, 1.165) is 38.6 Å². The van der Waals surface area contributed by atoms with E-state index in [9.17, 15) is 9.90 Å². The summed E-state index contributed by atoms with van der Waals surface area (Å²) in [6, 6.07) is 0.253. The Labute approximate surface area is 110 Å². The molecule has 3 N–H and O–H groups in total. The molecule has 4 nitrogen and oxygen atoms in total. The zero-order valence-corrected chi connectivity index (χ0v) is 11.5. The summed E-state index contributed by atoms with van der Waals surface area (Å²) in [4.78, 5) is 12.3. The first kappa shape index (κ1) is 13.8. The second-order valence-electron chi connectivity index (χ2n) is 6.25. The third-order valence-corrected chi connectivity index (χ3v) is 4.78. The molecule has 0 aromatic heterocycles. The highest BCUT2D eigenvalue weighted by molar-refractivity contribution is 5.80. The molecule has 1 saturated carbocycles. The van der Waals surface area contributed by atoms with Crippen molar-refractivity contribution in [2.24, 2.45) is 11.8 Å². The van der Waals surface area contributed by atoms with Gasteiger partial charge >= 0.3 is 0 Å². The van der Waals surface area contributed by atoms with Gasteiger partial charge in [-0.05, 0) is 51.5 Å². The molecule has 2 aliphatic rings. The number of aliphatic hydroxyl groups excluding tert-OH is 1. The van der Waals surface area contributed by atoms with Crippen LogP contribution in [0.5, 0.6) is 0 Å². The van der Waals surface area contributed by atoms with Gasteiger partial charge in [0.05, 0.1) is 18.1 Å². The topological polar surface area (TPSA) is 61.4 Å². The molecule has 18 heavy (non-hydrogen) atoms. The van der Waals surface area contributed by atoms with Gasteiger partial charge < -0.3 is 15.7 Å². The number of hydrogen-bond donors (Lipinski definition) is 3. The summed E-state index contributed by atoms with van der Waals surface area (Å²) in [7, 11) is 0. The maximum atomic E-state index is 12.3. The Balaban J connectivity index is 1.95. The van der Waals surface area contributed by atoms with Gasteiger partial charge in [-0.3, -0.25) is 4.79 Å². The lowest BCUT2D eigenvalue weighted by molar-refractivity contribution is -0.128. The number of hydrogen-bond acceptors (Lipinski definition) is 3. The normalized spacial score (nSPS) is 40.7. The highest BCUT2D eigenvalue weighted by Crippen LogP contribution is 2.32. The van der Waals surface area contributed by atoms with Crippen molar-refractivity contribution < 1.29 is 9.90 Å². The highest BCUT2D eigenvalue weighted by atomic mass is 16.3. The van der Waals surface area contributed by atoms with Crippen molar-refractivity contribution >= 4 is 5.91 Å². The van der Waals surface area contributed by atoms with E-state index in [2.05, 4.69) is 24.5 Å². The molecule has 0 spiro atoms. The first-order valence-corrected chi connectivity index (χ1v) is 7.22. The first-order valence-electron chi connectivity index (χ1n) is 7.22. The van der Waals surface area contributed by atoms with Crippen LogP contribution >= 0.6 is 0 Å². The molecule has 1 saturated heterocycles. The van der Waals surface area contributed by atoms with Crippen LogP contribution < -0.4 is 10.6 Å². The smallest absolute Gasteiger partial charge is 0.225 e. The average Bonchev–Trinajstić information content (AvgIpc) is 2.79. The van der Waals surface area contributed by atoms with Gasteiger partial charge in [-0.2, -0.15) is 0 Å². The number of carbonyl (C=O) groups is 1. The zero-order chi connectivity index (χ0) is 13.2. The molecule has 2 rings (SSSR count). The number of amides is 1. The molecule has 2 fully saturated rings. The fourth-order valence-corrected chi connectivity index (χ4v) is 3.21. The lowest BCUT2D eigenvalue weighted by Crippen LogP contribution is -2.55. The monoisotopic (exact) mass is 254 g/mol. The van der Waals surface area contributed by atoms with E-state index in [1.807, 2.05) is 0 Å². The first-order chi connectivity index (χ1) is 8.56. The van der Waals surface area contributed by atoms with Crippen LogP contribution in [0.2, 0.25) is 0 Å². The predicted octanol–water partition coefficient (Wildman–Crippen LogP) is 1.04.